The van der Waals surface area contributed by atoms with Crippen molar-refractivity contribution in [2.24, 2.45) is 17.6 Å². The van der Waals surface area contributed by atoms with Crippen molar-refractivity contribution in [2.75, 3.05) is 7.11 Å². The first-order chi connectivity index (χ1) is 5.97. The molecule has 0 spiro atoms. The minimum atomic E-state index is -0.459. The zero-order valence-corrected chi connectivity index (χ0v) is 9.04. The van der Waals surface area contributed by atoms with E-state index < -0.39 is 6.04 Å². The monoisotopic (exact) mass is 187 g/mol. The Morgan fingerprint density at radius 1 is 1.31 bits per heavy atom. The van der Waals surface area contributed by atoms with E-state index in [1.165, 1.54) is 7.11 Å². The fourth-order valence-electron chi connectivity index (χ4n) is 1.58. The lowest BCUT2D eigenvalue weighted by Gasteiger charge is -2.16. The fraction of sp³-hybridized carbons (Fsp3) is 0.900. The molecule has 13 heavy (non-hydrogen) atoms. The highest BCUT2D eigenvalue weighted by Gasteiger charge is 2.17. The van der Waals surface area contributed by atoms with Gasteiger partial charge in [0.25, 0.3) is 0 Å². The summed E-state index contributed by atoms with van der Waals surface area (Å²) in [4.78, 5) is 11.0. The van der Waals surface area contributed by atoms with Gasteiger partial charge in [0.15, 0.2) is 0 Å². The van der Waals surface area contributed by atoms with Crippen LogP contribution in [-0.2, 0) is 9.53 Å². The van der Waals surface area contributed by atoms with E-state index in [4.69, 9.17) is 5.73 Å². The predicted octanol–water partition coefficient (Wildman–Crippen LogP) is 1.56. The first kappa shape index (κ1) is 12.4. The van der Waals surface area contributed by atoms with E-state index in [2.05, 4.69) is 25.5 Å². The third kappa shape index (κ3) is 5.64. The number of hydrogen-bond donors (Lipinski definition) is 1. The molecule has 0 saturated heterocycles. The molecular formula is C10H21NO2. The zero-order valence-electron chi connectivity index (χ0n) is 9.04. The van der Waals surface area contributed by atoms with Crippen molar-refractivity contribution in [3.63, 3.8) is 0 Å². The van der Waals surface area contributed by atoms with Gasteiger partial charge in [0.2, 0.25) is 0 Å². The van der Waals surface area contributed by atoms with E-state index >= 15 is 0 Å². The van der Waals surface area contributed by atoms with Crippen LogP contribution in [-0.4, -0.2) is 19.1 Å². The van der Waals surface area contributed by atoms with Crippen molar-refractivity contribution in [1.82, 2.24) is 0 Å². The van der Waals surface area contributed by atoms with Crippen molar-refractivity contribution in [1.29, 1.82) is 0 Å². The number of carbonyl (C=O) groups excluding carboxylic acids is 1. The summed E-state index contributed by atoms with van der Waals surface area (Å²) in [6, 6.07) is -0.459. The molecule has 3 heteroatoms. The summed E-state index contributed by atoms with van der Waals surface area (Å²) < 4.78 is 4.55. The van der Waals surface area contributed by atoms with Gasteiger partial charge in [-0.05, 0) is 24.7 Å². The highest BCUT2D eigenvalue weighted by Crippen LogP contribution is 2.15. The number of rotatable bonds is 5. The molecule has 78 valence electrons. The molecule has 2 unspecified atom stereocenters. The van der Waals surface area contributed by atoms with Crippen LogP contribution in [0, 0.1) is 11.8 Å². The van der Waals surface area contributed by atoms with Gasteiger partial charge >= 0.3 is 5.97 Å². The van der Waals surface area contributed by atoms with E-state index in [9.17, 15) is 4.79 Å². The quantitative estimate of drug-likeness (QED) is 0.664. The van der Waals surface area contributed by atoms with Crippen LogP contribution in [0.5, 0.6) is 0 Å². The van der Waals surface area contributed by atoms with Gasteiger partial charge in [0.1, 0.15) is 6.04 Å². The number of hydrogen-bond acceptors (Lipinski definition) is 3. The highest BCUT2D eigenvalue weighted by molar-refractivity contribution is 5.75. The van der Waals surface area contributed by atoms with Gasteiger partial charge < -0.3 is 10.5 Å². The molecule has 0 fully saturated rings. The largest absolute Gasteiger partial charge is 0.468 e. The standard InChI is InChI=1S/C10H21NO2/c1-7(2)5-8(3)6-9(11)10(12)13-4/h7-9H,5-6,11H2,1-4H3. The minimum absolute atomic E-state index is 0.310. The van der Waals surface area contributed by atoms with E-state index in [1.54, 1.807) is 0 Å². The summed E-state index contributed by atoms with van der Waals surface area (Å²) in [5.41, 5.74) is 5.63. The summed E-state index contributed by atoms with van der Waals surface area (Å²) in [7, 11) is 1.37. The smallest absolute Gasteiger partial charge is 0.322 e. The Bertz CT molecular complexity index is 157. The van der Waals surface area contributed by atoms with Crippen LogP contribution in [0.2, 0.25) is 0 Å². The molecule has 0 aliphatic carbocycles. The van der Waals surface area contributed by atoms with Gasteiger partial charge in [-0.2, -0.15) is 0 Å². The first-order valence-electron chi connectivity index (χ1n) is 4.80. The maximum absolute atomic E-state index is 11.0. The molecule has 0 heterocycles. The molecule has 0 aromatic carbocycles. The fourth-order valence-corrected chi connectivity index (χ4v) is 1.58. The predicted molar refractivity (Wildman–Crippen MR) is 53.2 cm³/mol. The molecule has 2 N–H and O–H groups in total. The van der Waals surface area contributed by atoms with Crippen molar-refractivity contribution >= 4 is 5.97 Å². The second-order valence-electron chi connectivity index (χ2n) is 4.10. The number of ether oxygens (including phenoxy) is 1. The van der Waals surface area contributed by atoms with Gasteiger partial charge in [-0.1, -0.05) is 20.8 Å². The molecule has 0 aliphatic rings. The number of methoxy groups -OCH3 is 1. The van der Waals surface area contributed by atoms with Gasteiger partial charge in [-0.3, -0.25) is 4.79 Å². The van der Waals surface area contributed by atoms with Crippen LogP contribution >= 0.6 is 0 Å². The van der Waals surface area contributed by atoms with Gasteiger partial charge in [-0.15, -0.1) is 0 Å². The number of nitrogens with two attached hydrogens (primary N) is 1. The summed E-state index contributed by atoms with van der Waals surface area (Å²) >= 11 is 0. The molecule has 0 radical (unpaired) electrons. The summed E-state index contributed by atoms with van der Waals surface area (Å²) in [5.74, 6) is 0.824. The lowest BCUT2D eigenvalue weighted by Crippen LogP contribution is -2.33. The molecule has 0 bridgehead atoms. The van der Waals surface area contributed by atoms with Crippen molar-refractivity contribution < 1.29 is 9.53 Å². The van der Waals surface area contributed by atoms with E-state index in [0.29, 0.717) is 18.3 Å². The van der Waals surface area contributed by atoms with Crippen LogP contribution < -0.4 is 5.73 Å². The Hall–Kier alpha value is -0.570. The zero-order chi connectivity index (χ0) is 10.4. The third-order valence-electron chi connectivity index (χ3n) is 2.03. The van der Waals surface area contributed by atoms with E-state index in [-0.39, 0.29) is 5.97 Å². The van der Waals surface area contributed by atoms with Gasteiger partial charge in [-0.25, -0.2) is 0 Å². The second-order valence-corrected chi connectivity index (χ2v) is 4.10. The SMILES string of the molecule is COC(=O)C(N)CC(C)CC(C)C. The summed E-state index contributed by atoms with van der Waals surface area (Å²) in [6.07, 6.45) is 1.82. The maximum atomic E-state index is 11.0. The van der Waals surface area contributed by atoms with Gasteiger partial charge in [0.05, 0.1) is 7.11 Å². The number of esters is 1. The molecule has 0 aromatic rings. The lowest BCUT2D eigenvalue weighted by molar-refractivity contribution is -0.142. The number of carbonyl (C=O) groups is 1. The molecule has 3 nitrogen and oxygen atoms in total. The molecule has 0 saturated carbocycles. The Morgan fingerprint density at radius 3 is 2.23 bits per heavy atom. The van der Waals surface area contributed by atoms with Gasteiger partial charge in [0, 0.05) is 0 Å². The van der Waals surface area contributed by atoms with E-state index in [1.807, 2.05) is 0 Å². The highest BCUT2D eigenvalue weighted by atomic mass is 16.5. The van der Waals surface area contributed by atoms with Crippen molar-refractivity contribution in [2.45, 2.75) is 39.7 Å². The average Bonchev–Trinajstić information content (AvgIpc) is 2.01. The van der Waals surface area contributed by atoms with Crippen LogP contribution in [0.15, 0.2) is 0 Å². The first-order valence-corrected chi connectivity index (χ1v) is 4.80. The molecule has 2 atom stereocenters. The molecule has 0 aliphatic heterocycles. The molecule has 0 rings (SSSR count). The van der Waals surface area contributed by atoms with Crippen LogP contribution in [0.4, 0.5) is 0 Å². The lowest BCUT2D eigenvalue weighted by atomic mass is 9.93. The summed E-state index contributed by atoms with van der Waals surface area (Å²) in [5, 5.41) is 0. The normalized spacial score (nSPS) is 15.5. The molecule has 0 amide bonds. The second kappa shape index (κ2) is 5.97. The van der Waals surface area contributed by atoms with Crippen LogP contribution in [0.25, 0.3) is 0 Å². The van der Waals surface area contributed by atoms with Crippen LogP contribution in [0.1, 0.15) is 33.6 Å². The Morgan fingerprint density at radius 2 is 1.85 bits per heavy atom. The maximum Gasteiger partial charge on any atom is 0.322 e. The Balaban J connectivity index is 3.77. The summed E-state index contributed by atoms with van der Waals surface area (Å²) in [6.45, 7) is 6.45. The average molecular weight is 187 g/mol. The third-order valence-corrected chi connectivity index (χ3v) is 2.03. The van der Waals surface area contributed by atoms with Crippen molar-refractivity contribution in [3.05, 3.63) is 0 Å². The molecular weight excluding hydrogens is 166 g/mol. The molecule has 0 aromatic heterocycles. The Kier molecular flexibility index (Phi) is 5.71. The van der Waals surface area contributed by atoms with Crippen molar-refractivity contribution in [3.8, 4) is 0 Å². The van der Waals surface area contributed by atoms with Crippen LogP contribution in [0.3, 0.4) is 0 Å². The van der Waals surface area contributed by atoms with E-state index in [0.717, 1.165) is 6.42 Å². The topological polar surface area (TPSA) is 52.3 Å². The Labute approximate surface area is 80.6 Å². The minimum Gasteiger partial charge on any atom is -0.468 e.